The van der Waals surface area contributed by atoms with Crippen LogP contribution in [0.4, 0.5) is 0 Å². The van der Waals surface area contributed by atoms with E-state index in [-0.39, 0.29) is 18.8 Å². The van der Waals surface area contributed by atoms with Crippen LogP contribution in [0.1, 0.15) is 81.1 Å². The van der Waals surface area contributed by atoms with Crippen molar-refractivity contribution < 1.29 is 14.6 Å². The van der Waals surface area contributed by atoms with E-state index < -0.39 is 6.29 Å². The molecule has 5 unspecified atom stereocenters. The van der Waals surface area contributed by atoms with E-state index in [0.717, 1.165) is 52.9 Å². The normalized spacial score (nSPS) is 29.9. The first-order valence-corrected chi connectivity index (χ1v) is 14.9. The number of ether oxygens (including phenoxy) is 2. The Morgan fingerprint density at radius 1 is 0.875 bits per heavy atom. The molecule has 3 N–H and O–H groups in total. The lowest BCUT2D eigenvalue weighted by Crippen LogP contribution is -2.42. The smallest absolute Gasteiger partial charge is 0.184 e. The molecule has 3 aromatic carbocycles. The van der Waals surface area contributed by atoms with Crippen molar-refractivity contribution >= 4 is 0 Å². The zero-order valence-corrected chi connectivity index (χ0v) is 24.2. The third kappa shape index (κ3) is 5.90. The number of hydrogen-bond donors (Lipinski definition) is 2. The van der Waals surface area contributed by atoms with Crippen LogP contribution in [0.15, 0.2) is 72.8 Å². The largest absolute Gasteiger partial charge is 0.392 e. The topological polar surface area (TPSA) is 68.0 Å². The molecule has 2 bridgehead atoms. The minimum Gasteiger partial charge on any atom is -0.392 e. The van der Waals surface area contributed by atoms with Crippen LogP contribution >= 0.6 is 0 Å². The predicted molar refractivity (Wildman–Crippen MR) is 159 cm³/mol. The molecule has 5 nitrogen and oxygen atoms in total. The van der Waals surface area contributed by atoms with Gasteiger partial charge in [-0.25, -0.2) is 0 Å². The summed E-state index contributed by atoms with van der Waals surface area (Å²) < 4.78 is 13.5. The lowest BCUT2D eigenvalue weighted by molar-refractivity contribution is -0.253. The predicted octanol–water partition coefficient (Wildman–Crippen LogP) is 6.75. The molecule has 1 saturated carbocycles. The molecule has 6 rings (SSSR count). The number of nitrogens with two attached hydrogens (primary N) is 1. The van der Waals surface area contributed by atoms with Crippen molar-refractivity contribution in [1.82, 2.24) is 4.90 Å². The molecule has 2 heterocycles. The Bertz CT molecular complexity index is 1320. The summed E-state index contributed by atoms with van der Waals surface area (Å²) in [5, 5.41) is 9.55. The van der Waals surface area contributed by atoms with E-state index in [1.807, 2.05) is 12.1 Å². The molecule has 5 atom stereocenters. The van der Waals surface area contributed by atoms with Gasteiger partial charge in [0, 0.05) is 37.7 Å². The highest BCUT2D eigenvalue weighted by atomic mass is 16.7. The van der Waals surface area contributed by atoms with Crippen molar-refractivity contribution in [1.29, 1.82) is 0 Å². The van der Waals surface area contributed by atoms with Crippen LogP contribution < -0.4 is 5.73 Å². The van der Waals surface area contributed by atoms with Crippen molar-refractivity contribution in [3.63, 3.8) is 0 Å². The van der Waals surface area contributed by atoms with Crippen LogP contribution in [0.25, 0.3) is 11.1 Å². The van der Waals surface area contributed by atoms with Gasteiger partial charge in [0.2, 0.25) is 0 Å². The summed E-state index contributed by atoms with van der Waals surface area (Å²) in [6.07, 6.45) is 4.20. The number of aliphatic hydroxyl groups is 1. The highest BCUT2D eigenvalue weighted by Crippen LogP contribution is 2.53. The SMILES string of the molecule is CC1(C)CC2CC(C)(CN2CC2CC(c3ccc(CO)cc3)OC(c3cccc(-c4cccc(CN)c4)c3)O2)C1. The molecule has 3 aliphatic rings. The molecule has 2 aliphatic heterocycles. The maximum atomic E-state index is 9.55. The second-order valence-electron chi connectivity index (χ2n) is 13.5. The Labute approximate surface area is 239 Å². The molecule has 0 aromatic heterocycles. The number of nitrogens with zero attached hydrogens (tertiary/aromatic N) is 1. The minimum atomic E-state index is -0.451. The summed E-state index contributed by atoms with van der Waals surface area (Å²) in [6.45, 7) is 9.99. The summed E-state index contributed by atoms with van der Waals surface area (Å²) in [5.74, 6) is 0. The molecule has 0 amide bonds. The van der Waals surface area contributed by atoms with Crippen molar-refractivity contribution in [3.05, 3.63) is 95.1 Å². The van der Waals surface area contributed by atoms with E-state index in [9.17, 15) is 5.11 Å². The standard InChI is InChI=1S/C35H44N2O3/c1-34(2)17-30-18-35(3,22-34)23-37(30)20-31-16-32(26-12-10-24(21-38)11-13-26)40-33(39-31)29-9-5-8-28(15-29)27-7-4-6-25(14-27)19-36/h4-15,30-33,38H,16-23,36H2,1-3H3. The Hall–Kier alpha value is -2.54. The van der Waals surface area contributed by atoms with Gasteiger partial charge in [-0.15, -0.1) is 0 Å². The van der Waals surface area contributed by atoms with Gasteiger partial charge in [0.1, 0.15) is 0 Å². The molecule has 212 valence electrons. The quantitative estimate of drug-likeness (QED) is 0.347. The van der Waals surface area contributed by atoms with Gasteiger partial charge < -0.3 is 20.3 Å². The fraction of sp³-hybridized carbons (Fsp3) is 0.486. The van der Waals surface area contributed by atoms with Gasteiger partial charge in [0.05, 0.1) is 18.8 Å². The molecule has 1 aliphatic carbocycles. The van der Waals surface area contributed by atoms with Crippen LogP contribution in [0, 0.1) is 10.8 Å². The number of likely N-dealkylation sites (tertiary alicyclic amines) is 1. The average Bonchev–Trinajstić information content (AvgIpc) is 3.20. The first-order valence-electron chi connectivity index (χ1n) is 14.9. The highest BCUT2D eigenvalue weighted by Gasteiger charge is 2.50. The maximum Gasteiger partial charge on any atom is 0.184 e. The van der Waals surface area contributed by atoms with Gasteiger partial charge in [-0.2, -0.15) is 0 Å². The van der Waals surface area contributed by atoms with Crippen molar-refractivity contribution in [2.24, 2.45) is 16.6 Å². The summed E-state index contributed by atoms with van der Waals surface area (Å²) >= 11 is 0. The van der Waals surface area contributed by atoms with Crippen LogP contribution in [0.5, 0.6) is 0 Å². The van der Waals surface area contributed by atoms with E-state index in [1.165, 1.54) is 19.3 Å². The zero-order chi connectivity index (χ0) is 27.9. The monoisotopic (exact) mass is 540 g/mol. The van der Waals surface area contributed by atoms with Gasteiger partial charge in [0.15, 0.2) is 6.29 Å². The van der Waals surface area contributed by atoms with Crippen molar-refractivity contribution in [2.75, 3.05) is 13.1 Å². The number of hydrogen-bond acceptors (Lipinski definition) is 5. The van der Waals surface area contributed by atoms with E-state index in [2.05, 4.69) is 86.3 Å². The Balaban J connectivity index is 1.27. The number of benzene rings is 3. The van der Waals surface area contributed by atoms with Crippen LogP contribution in [0.3, 0.4) is 0 Å². The van der Waals surface area contributed by atoms with Crippen LogP contribution in [-0.2, 0) is 22.6 Å². The molecule has 0 radical (unpaired) electrons. The van der Waals surface area contributed by atoms with E-state index in [1.54, 1.807) is 0 Å². The molecule has 0 spiro atoms. The first kappa shape index (κ1) is 27.6. The van der Waals surface area contributed by atoms with Gasteiger partial charge in [-0.1, -0.05) is 81.4 Å². The lowest BCUT2D eigenvalue weighted by atomic mass is 9.65. The third-order valence-electron chi connectivity index (χ3n) is 9.23. The summed E-state index contributed by atoms with van der Waals surface area (Å²) in [5.41, 5.74) is 13.2. The number of fused-ring (bicyclic) bond motifs is 2. The van der Waals surface area contributed by atoms with Crippen LogP contribution in [0.2, 0.25) is 0 Å². The molecule has 5 heteroatoms. The molecule has 40 heavy (non-hydrogen) atoms. The van der Waals surface area contributed by atoms with E-state index in [4.69, 9.17) is 15.2 Å². The van der Waals surface area contributed by atoms with Gasteiger partial charge >= 0.3 is 0 Å². The Morgan fingerprint density at radius 2 is 1.62 bits per heavy atom. The van der Waals surface area contributed by atoms with Gasteiger partial charge in [-0.3, -0.25) is 4.90 Å². The number of aliphatic hydroxyl groups excluding tert-OH is 1. The van der Waals surface area contributed by atoms with Gasteiger partial charge in [-0.05, 0) is 70.0 Å². The highest BCUT2D eigenvalue weighted by molar-refractivity contribution is 5.65. The van der Waals surface area contributed by atoms with E-state index >= 15 is 0 Å². The number of rotatable bonds is 7. The Kier molecular flexibility index (Phi) is 7.62. The lowest BCUT2D eigenvalue weighted by Gasteiger charge is -2.41. The van der Waals surface area contributed by atoms with E-state index in [0.29, 0.717) is 23.4 Å². The van der Waals surface area contributed by atoms with Crippen LogP contribution in [-0.4, -0.2) is 35.2 Å². The van der Waals surface area contributed by atoms with Crippen molar-refractivity contribution in [2.45, 2.75) is 84.1 Å². The molecule has 3 aromatic rings. The van der Waals surface area contributed by atoms with Crippen molar-refractivity contribution in [3.8, 4) is 11.1 Å². The minimum absolute atomic E-state index is 0.0454. The molecular formula is C35H44N2O3. The molecule has 3 fully saturated rings. The first-order chi connectivity index (χ1) is 19.2. The summed E-state index contributed by atoms with van der Waals surface area (Å²) in [4.78, 5) is 2.71. The van der Waals surface area contributed by atoms with Gasteiger partial charge in [0.25, 0.3) is 0 Å². The maximum absolute atomic E-state index is 9.55. The fourth-order valence-electron chi connectivity index (χ4n) is 7.83. The molecule has 2 saturated heterocycles. The third-order valence-corrected chi connectivity index (χ3v) is 9.23. The summed E-state index contributed by atoms with van der Waals surface area (Å²) in [6, 6.07) is 25.7. The average molecular weight is 541 g/mol. The summed E-state index contributed by atoms with van der Waals surface area (Å²) in [7, 11) is 0. The second-order valence-corrected chi connectivity index (χ2v) is 13.5. The second kappa shape index (κ2) is 11.0. The molecular weight excluding hydrogens is 496 g/mol. The fourth-order valence-corrected chi connectivity index (χ4v) is 7.83. The zero-order valence-electron chi connectivity index (χ0n) is 24.2. The Morgan fingerprint density at radius 3 is 2.38 bits per heavy atom.